The number of halogens is 1. The Morgan fingerprint density at radius 2 is 1.97 bits per heavy atom. The summed E-state index contributed by atoms with van der Waals surface area (Å²) in [6.45, 7) is 0.401. The van der Waals surface area contributed by atoms with Gasteiger partial charge < -0.3 is 25.8 Å². The number of amides is 3. The maximum absolute atomic E-state index is 12.3. The molecule has 7 nitrogen and oxygen atoms in total. The number of hydrogen-bond donors (Lipinski definition) is 4. The number of benzene rings is 1. The summed E-state index contributed by atoms with van der Waals surface area (Å²) in [5, 5.41) is 18.9. The minimum atomic E-state index is -0.468. The van der Waals surface area contributed by atoms with Crippen LogP contribution in [-0.2, 0) is 9.53 Å². The summed E-state index contributed by atoms with van der Waals surface area (Å²) in [5.74, 6) is 0.313. The van der Waals surface area contributed by atoms with Crippen LogP contribution in [-0.4, -0.2) is 48.4 Å². The highest BCUT2D eigenvalue weighted by Gasteiger charge is 2.32. The Labute approximate surface area is 176 Å². The lowest BCUT2D eigenvalue weighted by molar-refractivity contribution is -0.125. The fourth-order valence-corrected chi connectivity index (χ4v) is 4.29. The SMILES string of the molecule is O=C(Nc1cccc(Cl)c1)N[C@@H]1CC[C@@H](CCNC(=O)C2CCCC2)O[C@H]1CO. The fraction of sp³-hybridized carbons (Fsp3) is 0.619. The average Bonchev–Trinajstić information content (AvgIpc) is 3.24. The second kappa shape index (κ2) is 10.8. The predicted molar refractivity (Wildman–Crippen MR) is 112 cm³/mol. The third kappa shape index (κ3) is 6.59. The van der Waals surface area contributed by atoms with Gasteiger partial charge in [-0.15, -0.1) is 0 Å². The number of hydrogen-bond acceptors (Lipinski definition) is 4. The number of rotatable bonds is 7. The molecule has 2 fully saturated rings. The largest absolute Gasteiger partial charge is 0.394 e. The predicted octanol–water partition coefficient (Wildman–Crippen LogP) is 3.07. The summed E-state index contributed by atoms with van der Waals surface area (Å²) in [7, 11) is 0. The first-order chi connectivity index (χ1) is 14.0. The number of carbonyl (C=O) groups is 2. The molecule has 0 radical (unpaired) electrons. The number of ether oxygens (including phenoxy) is 1. The molecular weight excluding hydrogens is 394 g/mol. The average molecular weight is 424 g/mol. The molecule has 0 spiro atoms. The zero-order valence-electron chi connectivity index (χ0n) is 16.5. The molecule has 160 valence electrons. The summed E-state index contributed by atoms with van der Waals surface area (Å²) in [6.07, 6.45) is 5.92. The standard InChI is InChI=1S/C21H30ClN3O4/c22-15-6-3-7-16(12-15)24-21(28)25-18-9-8-17(29-19(18)13-26)10-11-23-20(27)14-4-1-2-5-14/h3,6-7,12,14,17-19,26H,1-2,4-5,8-11,13H2,(H,23,27)(H2,24,25,28)/t17-,18+,19-/m0/s1. The van der Waals surface area contributed by atoms with Gasteiger partial charge in [-0.25, -0.2) is 4.79 Å². The van der Waals surface area contributed by atoms with E-state index < -0.39 is 6.10 Å². The van der Waals surface area contributed by atoms with Crippen LogP contribution in [0, 0.1) is 5.92 Å². The van der Waals surface area contributed by atoms with Crippen molar-refractivity contribution in [3.63, 3.8) is 0 Å². The van der Waals surface area contributed by atoms with E-state index in [9.17, 15) is 14.7 Å². The normalized spacial score (nSPS) is 24.8. The molecule has 3 atom stereocenters. The zero-order valence-corrected chi connectivity index (χ0v) is 17.3. The highest BCUT2D eigenvalue weighted by atomic mass is 35.5. The van der Waals surface area contributed by atoms with Gasteiger partial charge in [-0.05, 0) is 50.3 Å². The van der Waals surface area contributed by atoms with Gasteiger partial charge in [-0.2, -0.15) is 0 Å². The van der Waals surface area contributed by atoms with Gasteiger partial charge in [0.15, 0.2) is 0 Å². The van der Waals surface area contributed by atoms with E-state index in [0.29, 0.717) is 30.1 Å². The Bertz CT molecular complexity index is 696. The Morgan fingerprint density at radius 1 is 1.17 bits per heavy atom. The molecule has 29 heavy (non-hydrogen) atoms. The highest BCUT2D eigenvalue weighted by Crippen LogP contribution is 2.25. The minimum Gasteiger partial charge on any atom is -0.394 e. The molecule has 1 aliphatic carbocycles. The molecule has 1 aromatic carbocycles. The molecule has 2 aliphatic rings. The topological polar surface area (TPSA) is 99.7 Å². The van der Waals surface area contributed by atoms with Crippen molar-refractivity contribution in [2.45, 2.75) is 63.2 Å². The van der Waals surface area contributed by atoms with Crippen molar-refractivity contribution in [1.82, 2.24) is 10.6 Å². The molecule has 1 aliphatic heterocycles. The van der Waals surface area contributed by atoms with E-state index in [0.717, 1.165) is 32.1 Å². The summed E-state index contributed by atoms with van der Waals surface area (Å²) in [6, 6.07) is 6.27. The van der Waals surface area contributed by atoms with Crippen molar-refractivity contribution >= 4 is 29.2 Å². The molecule has 1 aromatic rings. The van der Waals surface area contributed by atoms with Crippen LogP contribution in [0.15, 0.2) is 24.3 Å². The second-order valence-corrected chi connectivity index (χ2v) is 8.27. The Morgan fingerprint density at radius 3 is 2.69 bits per heavy atom. The third-order valence-corrected chi connectivity index (χ3v) is 5.92. The van der Waals surface area contributed by atoms with Crippen molar-refractivity contribution in [1.29, 1.82) is 0 Å². The molecule has 3 rings (SSSR count). The van der Waals surface area contributed by atoms with Crippen LogP contribution >= 0.6 is 11.6 Å². The van der Waals surface area contributed by atoms with Gasteiger partial charge in [0.2, 0.25) is 5.91 Å². The van der Waals surface area contributed by atoms with Crippen molar-refractivity contribution < 1.29 is 19.4 Å². The lowest BCUT2D eigenvalue weighted by Gasteiger charge is -2.36. The zero-order chi connectivity index (χ0) is 20.6. The second-order valence-electron chi connectivity index (χ2n) is 7.83. The van der Waals surface area contributed by atoms with Crippen molar-refractivity contribution in [2.75, 3.05) is 18.5 Å². The maximum atomic E-state index is 12.3. The van der Waals surface area contributed by atoms with Gasteiger partial charge in [0.05, 0.1) is 18.8 Å². The Balaban J connectivity index is 1.40. The Kier molecular flexibility index (Phi) is 8.15. The smallest absolute Gasteiger partial charge is 0.319 e. The van der Waals surface area contributed by atoms with Crippen molar-refractivity contribution in [2.24, 2.45) is 5.92 Å². The van der Waals surface area contributed by atoms with Crippen LogP contribution in [0.4, 0.5) is 10.5 Å². The lowest BCUT2D eigenvalue weighted by Crippen LogP contribution is -2.52. The van der Waals surface area contributed by atoms with E-state index in [4.69, 9.17) is 16.3 Å². The van der Waals surface area contributed by atoms with Crippen LogP contribution in [0.2, 0.25) is 5.02 Å². The van der Waals surface area contributed by atoms with Gasteiger partial charge in [-0.3, -0.25) is 4.79 Å². The quantitative estimate of drug-likeness (QED) is 0.541. The third-order valence-electron chi connectivity index (χ3n) is 5.69. The van der Waals surface area contributed by atoms with Crippen LogP contribution in [0.5, 0.6) is 0 Å². The molecule has 4 N–H and O–H groups in total. The molecule has 8 heteroatoms. The van der Waals surface area contributed by atoms with E-state index >= 15 is 0 Å². The number of nitrogens with one attached hydrogen (secondary N) is 3. The van der Waals surface area contributed by atoms with Crippen LogP contribution in [0.1, 0.15) is 44.9 Å². The molecule has 3 amide bonds. The first-order valence-electron chi connectivity index (χ1n) is 10.4. The van der Waals surface area contributed by atoms with Gasteiger partial charge in [-0.1, -0.05) is 30.5 Å². The van der Waals surface area contributed by atoms with Crippen LogP contribution < -0.4 is 16.0 Å². The summed E-state index contributed by atoms with van der Waals surface area (Å²) in [4.78, 5) is 24.4. The first-order valence-corrected chi connectivity index (χ1v) is 10.8. The van der Waals surface area contributed by atoms with Crippen LogP contribution in [0.3, 0.4) is 0 Å². The maximum Gasteiger partial charge on any atom is 0.319 e. The lowest BCUT2D eigenvalue weighted by atomic mass is 9.97. The van der Waals surface area contributed by atoms with Crippen LogP contribution in [0.25, 0.3) is 0 Å². The number of anilines is 1. The van der Waals surface area contributed by atoms with Gasteiger partial charge in [0.1, 0.15) is 6.10 Å². The molecule has 0 aromatic heterocycles. The van der Waals surface area contributed by atoms with Crippen molar-refractivity contribution in [3.05, 3.63) is 29.3 Å². The first kappa shape index (κ1) is 21.9. The molecule has 1 saturated heterocycles. The fourth-order valence-electron chi connectivity index (χ4n) is 4.10. The minimum absolute atomic E-state index is 0.0370. The van der Waals surface area contributed by atoms with Gasteiger partial charge in [0, 0.05) is 23.2 Å². The van der Waals surface area contributed by atoms with E-state index in [1.54, 1.807) is 24.3 Å². The molecular formula is C21H30ClN3O4. The van der Waals surface area contributed by atoms with Gasteiger partial charge >= 0.3 is 6.03 Å². The number of aliphatic hydroxyl groups excluding tert-OH is 1. The molecule has 0 unspecified atom stereocenters. The van der Waals surface area contributed by atoms with Crippen molar-refractivity contribution in [3.8, 4) is 0 Å². The van der Waals surface area contributed by atoms with E-state index in [1.807, 2.05) is 0 Å². The van der Waals surface area contributed by atoms with Gasteiger partial charge in [0.25, 0.3) is 0 Å². The summed E-state index contributed by atoms with van der Waals surface area (Å²) < 4.78 is 5.96. The molecule has 0 bridgehead atoms. The van der Waals surface area contributed by atoms with E-state index in [2.05, 4.69) is 16.0 Å². The summed E-state index contributed by atoms with van der Waals surface area (Å²) in [5.41, 5.74) is 0.600. The highest BCUT2D eigenvalue weighted by molar-refractivity contribution is 6.30. The van der Waals surface area contributed by atoms with E-state index in [1.165, 1.54) is 0 Å². The van der Waals surface area contributed by atoms with E-state index in [-0.39, 0.29) is 36.6 Å². The number of aliphatic hydroxyl groups is 1. The monoisotopic (exact) mass is 423 g/mol. The Hall–Kier alpha value is -1.83. The number of carbonyl (C=O) groups excluding carboxylic acids is 2. The molecule has 1 heterocycles. The summed E-state index contributed by atoms with van der Waals surface area (Å²) >= 11 is 5.93. The number of urea groups is 1. The molecule has 1 saturated carbocycles.